The minimum absolute atomic E-state index is 0. The first-order valence-corrected chi connectivity index (χ1v) is 10.8. The molecule has 4 N–H and O–H groups in total. The summed E-state index contributed by atoms with van der Waals surface area (Å²) in [6.07, 6.45) is 0. The van der Waals surface area contributed by atoms with E-state index >= 15 is 0 Å². The number of hydrogen-bond acceptors (Lipinski definition) is 7. The van der Waals surface area contributed by atoms with Crippen LogP contribution in [0.3, 0.4) is 0 Å². The van der Waals surface area contributed by atoms with Crippen LogP contribution >= 0.6 is 47.2 Å². The molecule has 3 aromatic rings. The summed E-state index contributed by atoms with van der Waals surface area (Å²) in [5.41, 5.74) is -0.343. The van der Waals surface area contributed by atoms with Crippen molar-refractivity contribution in [1.29, 1.82) is 0 Å². The van der Waals surface area contributed by atoms with Crippen LogP contribution in [0.15, 0.2) is 45.6 Å². The fraction of sp³-hybridized carbons (Fsp3) is 0.286. The van der Waals surface area contributed by atoms with E-state index in [2.05, 4.69) is 4.90 Å². The lowest BCUT2D eigenvalue weighted by Gasteiger charge is -2.17. The van der Waals surface area contributed by atoms with Crippen LogP contribution in [0.4, 0.5) is 0 Å². The molecule has 0 aliphatic heterocycles. The summed E-state index contributed by atoms with van der Waals surface area (Å²) in [5.74, 6) is 0.335. The number of halogens is 4. The fourth-order valence-electron chi connectivity index (χ4n) is 2.73. The zero-order chi connectivity index (χ0) is 23.0. The summed E-state index contributed by atoms with van der Waals surface area (Å²) >= 11 is 16.6. The van der Waals surface area contributed by atoms with Gasteiger partial charge in [0.2, 0.25) is 11.2 Å². The van der Waals surface area contributed by atoms with Crippen molar-refractivity contribution in [3.05, 3.63) is 46.6 Å². The second-order valence-electron chi connectivity index (χ2n) is 6.40. The monoisotopic (exact) mass is 525 g/mol. The predicted octanol–water partition coefficient (Wildman–Crippen LogP) is 4.71. The van der Waals surface area contributed by atoms with Gasteiger partial charge in [-0.3, -0.25) is 9.69 Å². The summed E-state index contributed by atoms with van der Waals surface area (Å²) < 4.78 is 5.43. The Morgan fingerprint density at radius 2 is 1.41 bits per heavy atom. The highest BCUT2D eigenvalue weighted by Gasteiger charge is 2.16. The standard InChI is InChI=1S/C15H10O6.C6H12Cl3N.ClH/c16-8-2-3-9-12(6-8)21-15(14(20)13(9)19)7-1-4-10(17)11(18)5-7;7-1-4-10(5-2-8)6-3-9;/h1-6,16-18,20H;1-6H2;1H. The SMILES string of the molecule is Cl.ClCCN(CCCl)CCCl.O=c1c(O)c(-c2ccc(O)c(O)c2)oc2cc(O)ccc12. The van der Waals surface area contributed by atoms with Crippen LogP contribution in [-0.2, 0) is 0 Å². The topological polar surface area (TPSA) is 114 Å². The van der Waals surface area contributed by atoms with Crippen molar-refractivity contribution in [3.8, 4) is 34.3 Å². The van der Waals surface area contributed by atoms with Gasteiger partial charge in [-0.05, 0) is 30.3 Å². The molecule has 32 heavy (non-hydrogen) atoms. The molecule has 11 heteroatoms. The van der Waals surface area contributed by atoms with Gasteiger partial charge >= 0.3 is 0 Å². The van der Waals surface area contributed by atoms with Crippen LogP contribution in [0.2, 0.25) is 0 Å². The molecule has 0 fully saturated rings. The maximum atomic E-state index is 12.1. The number of nitrogens with zero attached hydrogens (tertiary/aromatic N) is 1. The van der Waals surface area contributed by atoms with Crippen LogP contribution < -0.4 is 5.43 Å². The van der Waals surface area contributed by atoms with Gasteiger partial charge in [0.05, 0.1) is 5.39 Å². The molecular formula is C21H23Cl4NO6. The predicted molar refractivity (Wildman–Crippen MR) is 130 cm³/mol. The molecule has 3 rings (SSSR count). The molecule has 0 atom stereocenters. The highest BCUT2D eigenvalue weighted by atomic mass is 35.5. The molecule has 0 bridgehead atoms. The van der Waals surface area contributed by atoms with E-state index in [9.17, 15) is 25.2 Å². The number of alkyl halides is 3. The van der Waals surface area contributed by atoms with Gasteiger partial charge in [-0.15, -0.1) is 47.2 Å². The molecule has 1 heterocycles. The Morgan fingerprint density at radius 1 is 0.812 bits per heavy atom. The number of benzene rings is 2. The zero-order valence-electron chi connectivity index (χ0n) is 16.8. The second kappa shape index (κ2) is 13.5. The molecule has 0 aliphatic rings. The van der Waals surface area contributed by atoms with Gasteiger partial charge in [0, 0.05) is 48.9 Å². The maximum absolute atomic E-state index is 12.1. The van der Waals surface area contributed by atoms with Crippen LogP contribution in [0.1, 0.15) is 0 Å². The van der Waals surface area contributed by atoms with Crippen molar-refractivity contribution >= 4 is 58.2 Å². The Morgan fingerprint density at radius 3 is 1.94 bits per heavy atom. The van der Waals surface area contributed by atoms with E-state index in [4.69, 9.17) is 39.2 Å². The van der Waals surface area contributed by atoms with E-state index in [0.717, 1.165) is 25.7 Å². The lowest BCUT2D eigenvalue weighted by Crippen LogP contribution is -2.29. The highest BCUT2D eigenvalue weighted by Crippen LogP contribution is 2.35. The Balaban J connectivity index is 0.000000400. The average molecular weight is 527 g/mol. The minimum Gasteiger partial charge on any atom is -0.508 e. The summed E-state index contributed by atoms with van der Waals surface area (Å²) in [7, 11) is 0. The van der Waals surface area contributed by atoms with Crippen molar-refractivity contribution < 1.29 is 24.8 Å². The molecule has 0 saturated carbocycles. The van der Waals surface area contributed by atoms with Gasteiger partial charge in [0.15, 0.2) is 17.3 Å². The summed E-state index contributed by atoms with van der Waals surface area (Å²) in [6, 6.07) is 7.64. The van der Waals surface area contributed by atoms with Gasteiger partial charge in [0.25, 0.3) is 0 Å². The number of fused-ring (bicyclic) bond motifs is 1. The third-order valence-electron chi connectivity index (χ3n) is 4.29. The first-order valence-electron chi connectivity index (χ1n) is 9.23. The molecule has 0 aliphatic carbocycles. The Bertz CT molecular complexity index is 1060. The molecule has 2 aromatic carbocycles. The van der Waals surface area contributed by atoms with Gasteiger partial charge in [0.1, 0.15) is 11.3 Å². The second-order valence-corrected chi connectivity index (χ2v) is 7.54. The molecule has 0 saturated heterocycles. The average Bonchev–Trinajstić information content (AvgIpc) is 2.74. The molecule has 0 unspecified atom stereocenters. The maximum Gasteiger partial charge on any atom is 0.235 e. The fourth-order valence-corrected chi connectivity index (χ4v) is 3.44. The van der Waals surface area contributed by atoms with Crippen molar-refractivity contribution in [1.82, 2.24) is 4.90 Å². The molecule has 176 valence electrons. The lowest BCUT2D eigenvalue weighted by atomic mass is 10.1. The first kappa shape index (κ1) is 28.0. The quantitative estimate of drug-likeness (QED) is 0.260. The summed E-state index contributed by atoms with van der Waals surface area (Å²) in [6.45, 7) is 2.63. The first-order chi connectivity index (χ1) is 14.8. The third-order valence-corrected chi connectivity index (χ3v) is 4.80. The van der Waals surface area contributed by atoms with E-state index in [-0.39, 0.29) is 46.2 Å². The van der Waals surface area contributed by atoms with E-state index in [1.165, 1.54) is 30.3 Å². The van der Waals surface area contributed by atoms with Crippen molar-refractivity contribution in [3.63, 3.8) is 0 Å². The Kier molecular flexibility index (Phi) is 11.8. The van der Waals surface area contributed by atoms with Crippen molar-refractivity contribution in [2.75, 3.05) is 37.3 Å². The largest absolute Gasteiger partial charge is 0.508 e. The van der Waals surface area contributed by atoms with Gasteiger partial charge in [-0.2, -0.15) is 0 Å². The number of phenolic OH excluding ortho intramolecular Hbond substituents is 3. The number of rotatable bonds is 7. The Hall–Kier alpha value is -2.03. The van der Waals surface area contributed by atoms with E-state index in [0.29, 0.717) is 17.6 Å². The van der Waals surface area contributed by atoms with Gasteiger partial charge < -0.3 is 24.8 Å². The highest BCUT2D eigenvalue weighted by molar-refractivity contribution is 6.18. The van der Waals surface area contributed by atoms with Crippen LogP contribution in [-0.4, -0.2) is 62.6 Å². The summed E-state index contributed by atoms with van der Waals surface area (Å²) in [5, 5.41) is 38.3. The smallest absolute Gasteiger partial charge is 0.235 e. The van der Waals surface area contributed by atoms with E-state index < -0.39 is 16.9 Å². The van der Waals surface area contributed by atoms with E-state index in [1.54, 1.807) is 0 Å². The molecule has 1 aromatic heterocycles. The van der Waals surface area contributed by atoms with Gasteiger partial charge in [-0.1, -0.05) is 0 Å². The number of aromatic hydroxyl groups is 4. The normalized spacial score (nSPS) is 10.5. The Labute approximate surface area is 205 Å². The van der Waals surface area contributed by atoms with Crippen LogP contribution in [0.25, 0.3) is 22.3 Å². The van der Waals surface area contributed by atoms with Gasteiger partial charge in [-0.25, -0.2) is 0 Å². The molecular weight excluding hydrogens is 504 g/mol. The van der Waals surface area contributed by atoms with Crippen LogP contribution in [0, 0.1) is 0 Å². The molecule has 0 spiro atoms. The van der Waals surface area contributed by atoms with Crippen LogP contribution in [0.5, 0.6) is 23.0 Å². The third kappa shape index (κ3) is 7.25. The minimum atomic E-state index is -0.654. The number of hydrogen-bond donors (Lipinski definition) is 4. The van der Waals surface area contributed by atoms with Crippen molar-refractivity contribution in [2.24, 2.45) is 0 Å². The summed E-state index contributed by atoms with van der Waals surface area (Å²) in [4.78, 5) is 14.2. The van der Waals surface area contributed by atoms with Crippen molar-refractivity contribution in [2.45, 2.75) is 0 Å². The molecule has 0 amide bonds. The molecule has 0 radical (unpaired) electrons. The zero-order valence-corrected chi connectivity index (χ0v) is 19.9. The number of phenols is 3. The van der Waals surface area contributed by atoms with E-state index in [1.807, 2.05) is 0 Å². The lowest BCUT2D eigenvalue weighted by molar-refractivity contribution is 0.327. The molecule has 7 nitrogen and oxygen atoms in total.